The minimum absolute atomic E-state index is 0.0501. The van der Waals surface area contributed by atoms with Crippen LogP contribution in [0.5, 0.6) is 0 Å². The van der Waals surface area contributed by atoms with Gasteiger partial charge in [-0.05, 0) is 49.6 Å². The lowest BCUT2D eigenvalue weighted by molar-refractivity contribution is -0.129. The molecule has 1 aromatic heterocycles. The lowest BCUT2D eigenvalue weighted by Gasteiger charge is -2.31. The molecule has 2 aliphatic rings. The number of fused-ring (bicyclic) bond motifs is 1. The fourth-order valence-electron chi connectivity index (χ4n) is 4.55. The van der Waals surface area contributed by atoms with Crippen molar-refractivity contribution in [3.63, 3.8) is 0 Å². The molecule has 29 heavy (non-hydrogen) atoms. The van der Waals surface area contributed by atoms with Gasteiger partial charge < -0.3 is 15.5 Å². The normalized spacial score (nSPS) is 26.6. The third kappa shape index (κ3) is 4.06. The number of alkyl halides is 2. The van der Waals surface area contributed by atoms with Crippen LogP contribution >= 0.6 is 0 Å². The average Bonchev–Trinajstić information content (AvgIpc) is 3.04. The molecule has 156 valence electrons. The van der Waals surface area contributed by atoms with Crippen molar-refractivity contribution >= 4 is 22.5 Å². The Bertz CT molecular complexity index is 904. The number of nitrogens with one attached hydrogen (secondary N) is 2. The predicted octanol–water partition coefficient (Wildman–Crippen LogP) is 3.12. The van der Waals surface area contributed by atoms with Crippen LogP contribution in [0.1, 0.15) is 25.3 Å². The average molecular weight is 402 g/mol. The molecule has 2 aromatic rings. The minimum atomic E-state index is -2.82. The summed E-state index contributed by atoms with van der Waals surface area (Å²) in [6, 6.07) is 8.13. The van der Waals surface area contributed by atoms with E-state index in [1.807, 2.05) is 13.0 Å². The number of amides is 1. The number of halogens is 2. The van der Waals surface area contributed by atoms with Gasteiger partial charge in [0.25, 0.3) is 5.92 Å². The van der Waals surface area contributed by atoms with E-state index in [0.717, 1.165) is 28.7 Å². The third-order valence-electron chi connectivity index (χ3n) is 6.31. The van der Waals surface area contributed by atoms with Crippen molar-refractivity contribution in [1.82, 2.24) is 15.6 Å². The van der Waals surface area contributed by atoms with Crippen molar-refractivity contribution < 1.29 is 13.6 Å². The Hall–Kier alpha value is -2.28. The SMILES string of the molecule is Cc1ccc(N2C[C@@H](C)[C@@H](NC(=O)CC3CCNCC3(F)F)C2)c2cccnc12. The highest BCUT2D eigenvalue weighted by molar-refractivity contribution is 5.94. The number of carbonyl (C=O) groups excluding carboxylic acids is 1. The van der Waals surface area contributed by atoms with E-state index < -0.39 is 11.8 Å². The Labute approximate surface area is 169 Å². The van der Waals surface area contributed by atoms with Crippen molar-refractivity contribution in [2.45, 2.75) is 38.7 Å². The molecule has 2 N–H and O–H groups in total. The summed E-state index contributed by atoms with van der Waals surface area (Å²) in [5.41, 5.74) is 3.22. The molecule has 5 nitrogen and oxygen atoms in total. The van der Waals surface area contributed by atoms with Crippen LogP contribution in [-0.4, -0.2) is 49.0 Å². The Morgan fingerprint density at radius 1 is 1.34 bits per heavy atom. The van der Waals surface area contributed by atoms with E-state index in [0.29, 0.717) is 19.5 Å². The summed E-state index contributed by atoms with van der Waals surface area (Å²) in [6.07, 6.45) is 2.01. The summed E-state index contributed by atoms with van der Waals surface area (Å²) in [7, 11) is 0. The van der Waals surface area contributed by atoms with E-state index in [2.05, 4.69) is 45.6 Å². The van der Waals surface area contributed by atoms with Crippen LogP contribution in [0.15, 0.2) is 30.5 Å². The maximum absolute atomic E-state index is 14.0. The number of aryl methyl sites for hydroxylation is 1. The van der Waals surface area contributed by atoms with E-state index in [1.54, 1.807) is 6.20 Å². The van der Waals surface area contributed by atoms with E-state index in [1.165, 1.54) is 0 Å². The molecule has 7 heteroatoms. The summed E-state index contributed by atoms with van der Waals surface area (Å²) < 4.78 is 28.1. The van der Waals surface area contributed by atoms with Gasteiger partial charge in [0, 0.05) is 42.7 Å². The number of hydrogen-bond donors (Lipinski definition) is 2. The van der Waals surface area contributed by atoms with Gasteiger partial charge in [-0.15, -0.1) is 0 Å². The quantitative estimate of drug-likeness (QED) is 0.825. The molecule has 0 saturated carbocycles. The first-order valence-corrected chi connectivity index (χ1v) is 10.3. The second kappa shape index (κ2) is 7.86. The Morgan fingerprint density at radius 2 is 2.17 bits per heavy atom. The molecule has 0 spiro atoms. The highest BCUT2D eigenvalue weighted by atomic mass is 19.3. The summed E-state index contributed by atoms with van der Waals surface area (Å²) in [5, 5.41) is 6.83. The highest BCUT2D eigenvalue weighted by Crippen LogP contribution is 2.33. The highest BCUT2D eigenvalue weighted by Gasteiger charge is 2.43. The molecule has 2 fully saturated rings. The molecular formula is C22H28F2N4O. The van der Waals surface area contributed by atoms with Gasteiger partial charge in [-0.3, -0.25) is 9.78 Å². The van der Waals surface area contributed by atoms with Gasteiger partial charge in [-0.2, -0.15) is 0 Å². The number of pyridine rings is 1. The van der Waals surface area contributed by atoms with Crippen LogP contribution in [0.3, 0.4) is 0 Å². The minimum Gasteiger partial charge on any atom is -0.369 e. The second-order valence-corrected chi connectivity index (χ2v) is 8.48. The van der Waals surface area contributed by atoms with Gasteiger partial charge in [0.2, 0.25) is 5.91 Å². The number of rotatable bonds is 4. The van der Waals surface area contributed by atoms with Crippen LogP contribution in [0.2, 0.25) is 0 Å². The van der Waals surface area contributed by atoms with Crippen LogP contribution in [-0.2, 0) is 4.79 Å². The van der Waals surface area contributed by atoms with Gasteiger partial charge in [-0.1, -0.05) is 13.0 Å². The van der Waals surface area contributed by atoms with Crippen LogP contribution in [0, 0.1) is 18.8 Å². The molecular weight excluding hydrogens is 374 g/mol. The zero-order chi connectivity index (χ0) is 20.6. The van der Waals surface area contributed by atoms with Crippen LogP contribution in [0.4, 0.5) is 14.5 Å². The van der Waals surface area contributed by atoms with E-state index in [-0.39, 0.29) is 30.8 Å². The molecule has 1 unspecified atom stereocenters. The Kier molecular flexibility index (Phi) is 5.42. The maximum Gasteiger partial charge on any atom is 0.263 e. The molecule has 3 atom stereocenters. The smallest absolute Gasteiger partial charge is 0.263 e. The van der Waals surface area contributed by atoms with Crippen LogP contribution < -0.4 is 15.5 Å². The fourth-order valence-corrected chi connectivity index (χ4v) is 4.55. The number of benzene rings is 1. The second-order valence-electron chi connectivity index (χ2n) is 8.48. The van der Waals surface area contributed by atoms with Crippen molar-refractivity contribution in [2.24, 2.45) is 11.8 Å². The summed E-state index contributed by atoms with van der Waals surface area (Å²) in [6.45, 7) is 5.82. The first-order chi connectivity index (χ1) is 13.8. The first-order valence-electron chi connectivity index (χ1n) is 10.3. The lowest BCUT2D eigenvalue weighted by atomic mass is 9.90. The number of anilines is 1. The molecule has 0 bridgehead atoms. The van der Waals surface area contributed by atoms with Crippen LogP contribution in [0.25, 0.3) is 10.9 Å². The zero-order valence-electron chi connectivity index (χ0n) is 16.9. The van der Waals surface area contributed by atoms with E-state index in [4.69, 9.17) is 0 Å². The van der Waals surface area contributed by atoms with Gasteiger partial charge in [0.05, 0.1) is 18.1 Å². The van der Waals surface area contributed by atoms with E-state index >= 15 is 0 Å². The summed E-state index contributed by atoms with van der Waals surface area (Å²) >= 11 is 0. The zero-order valence-corrected chi connectivity index (χ0v) is 16.9. The van der Waals surface area contributed by atoms with Gasteiger partial charge in [0.1, 0.15) is 0 Å². The monoisotopic (exact) mass is 402 g/mol. The maximum atomic E-state index is 14.0. The lowest BCUT2D eigenvalue weighted by Crippen LogP contribution is -2.48. The molecule has 0 aliphatic carbocycles. The molecule has 1 amide bonds. The number of carbonyl (C=O) groups is 1. The Morgan fingerprint density at radius 3 is 2.97 bits per heavy atom. The topological polar surface area (TPSA) is 57.3 Å². The van der Waals surface area contributed by atoms with Gasteiger partial charge in [0.15, 0.2) is 0 Å². The number of aromatic nitrogens is 1. The molecule has 4 rings (SSSR count). The standard InChI is InChI=1S/C22H28F2N4O/c1-14-5-6-19(17-4-3-8-26-21(14)17)28-11-15(2)18(12-28)27-20(29)10-16-7-9-25-13-22(16,23)24/h3-6,8,15-16,18,25H,7,9-13H2,1-2H3,(H,27,29)/t15-,16?,18+/m1/s1. The molecule has 3 heterocycles. The van der Waals surface area contributed by atoms with Crippen molar-refractivity contribution in [3.05, 3.63) is 36.0 Å². The fraction of sp³-hybridized carbons (Fsp3) is 0.545. The molecule has 2 aliphatic heterocycles. The van der Waals surface area contributed by atoms with E-state index in [9.17, 15) is 13.6 Å². The molecule has 0 radical (unpaired) electrons. The van der Waals surface area contributed by atoms with Gasteiger partial charge >= 0.3 is 0 Å². The van der Waals surface area contributed by atoms with Crippen molar-refractivity contribution in [1.29, 1.82) is 0 Å². The van der Waals surface area contributed by atoms with Crippen molar-refractivity contribution in [3.8, 4) is 0 Å². The third-order valence-corrected chi connectivity index (χ3v) is 6.31. The number of nitrogens with zero attached hydrogens (tertiary/aromatic N) is 2. The Balaban J connectivity index is 1.44. The van der Waals surface area contributed by atoms with Crippen molar-refractivity contribution in [2.75, 3.05) is 31.1 Å². The van der Waals surface area contributed by atoms with Gasteiger partial charge in [-0.25, -0.2) is 8.78 Å². The largest absolute Gasteiger partial charge is 0.369 e. The number of hydrogen-bond acceptors (Lipinski definition) is 4. The summed E-state index contributed by atoms with van der Waals surface area (Å²) in [4.78, 5) is 19.3. The predicted molar refractivity (Wildman–Crippen MR) is 110 cm³/mol. The summed E-state index contributed by atoms with van der Waals surface area (Å²) in [5.74, 6) is -3.74. The number of piperidine rings is 1. The molecule has 2 saturated heterocycles. The molecule has 1 aromatic carbocycles. The first kappa shape index (κ1) is 20.0.